The number of anilines is 2. The summed E-state index contributed by atoms with van der Waals surface area (Å²) in [7, 11) is 4.24. The van der Waals surface area contributed by atoms with Gasteiger partial charge >= 0.3 is 0 Å². The van der Waals surface area contributed by atoms with Crippen molar-refractivity contribution < 1.29 is 4.52 Å². The molecule has 0 amide bonds. The van der Waals surface area contributed by atoms with Crippen molar-refractivity contribution in [1.82, 2.24) is 24.9 Å². The highest BCUT2D eigenvalue weighted by Crippen LogP contribution is 2.34. The average Bonchev–Trinajstić information content (AvgIpc) is 3.25. The minimum atomic E-state index is 0.0313. The summed E-state index contributed by atoms with van der Waals surface area (Å²) in [4.78, 5) is 17.1. The van der Waals surface area contributed by atoms with Gasteiger partial charge < -0.3 is 19.6 Å². The van der Waals surface area contributed by atoms with Crippen LogP contribution in [0.5, 0.6) is 0 Å². The van der Waals surface area contributed by atoms with Crippen molar-refractivity contribution in [3.63, 3.8) is 0 Å². The molecule has 3 heterocycles. The van der Waals surface area contributed by atoms with E-state index < -0.39 is 0 Å². The van der Waals surface area contributed by atoms with Crippen molar-refractivity contribution in [1.29, 1.82) is 0 Å². The first-order valence-electron chi connectivity index (χ1n) is 13.2. The fourth-order valence-electron chi connectivity index (χ4n) is 4.97. The van der Waals surface area contributed by atoms with Crippen LogP contribution < -0.4 is 10.2 Å². The Hall–Kier alpha value is -3.20. The van der Waals surface area contributed by atoms with Gasteiger partial charge in [0.2, 0.25) is 5.95 Å². The highest BCUT2D eigenvalue weighted by Gasteiger charge is 2.22. The number of fused-ring (bicyclic) bond motifs is 1. The number of piperazine rings is 1. The summed E-state index contributed by atoms with van der Waals surface area (Å²) in [5, 5.41) is 9.51. The molecule has 8 nitrogen and oxygen atoms in total. The molecular formula is C29H36ClN7O. The summed E-state index contributed by atoms with van der Waals surface area (Å²) >= 11 is 6.13. The maximum absolute atomic E-state index is 6.13. The van der Waals surface area contributed by atoms with Gasteiger partial charge in [0.1, 0.15) is 11.6 Å². The molecule has 1 aliphatic rings. The Morgan fingerprint density at radius 3 is 2.42 bits per heavy atom. The summed E-state index contributed by atoms with van der Waals surface area (Å²) in [6, 6.07) is 14.3. The van der Waals surface area contributed by atoms with Crippen LogP contribution in [0, 0.1) is 13.8 Å². The largest absolute Gasteiger partial charge is 0.363 e. The van der Waals surface area contributed by atoms with E-state index in [-0.39, 0.29) is 6.04 Å². The molecular weight excluding hydrogens is 498 g/mol. The van der Waals surface area contributed by atoms with E-state index in [1.54, 1.807) is 0 Å². The molecule has 200 valence electrons. The number of halogens is 1. The van der Waals surface area contributed by atoms with Crippen molar-refractivity contribution in [2.45, 2.75) is 26.8 Å². The van der Waals surface area contributed by atoms with Crippen LogP contribution in [-0.2, 0) is 0 Å². The van der Waals surface area contributed by atoms with Gasteiger partial charge in [-0.15, -0.1) is 0 Å². The van der Waals surface area contributed by atoms with E-state index in [2.05, 4.69) is 64.4 Å². The molecule has 9 heteroatoms. The fraction of sp³-hybridized carbons (Fsp3) is 0.414. The van der Waals surface area contributed by atoms with Crippen LogP contribution >= 0.6 is 11.6 Å². The van der Waals surface area contributed by atoms with Gasteiger partial charge in [-0.05, 0) is 70.3 Å². The van der Waals surface area contributed by atoms with Crippen molar-refractivity contribution >= 4 is 34.3 Å². The maximum Gasteiger partial charge on any atom is 0.227 e. The molecule has 4 aromatic rings. The smallest absolute Gasteiger partial charge is 0.227 e. The van der Waals surface area contributed by atoms with E-state index in [0.717, 1.165) is 95.1 Å². The number of likely N-dealkylation sites (N-methyl/N-ethyl adjacent to an activating group) is 1. The Bertz CT molecular complexity index is 1370. The van der Waals surface area contributed by atoms with Crippen LogP contribution in [0.15, 0.2) is 47.0 Å². The maximum atomic E-state index is 6.13. The lowest BCUT2D eigenvalue weighted by atomic mass is 10.0. The van der Waals surface area contributed by atoms with Crippen LogP contribution in [0.1, 0.15) is 30.0 Å². The van der Waals surface area contributed by atoms with Gasteiger partial charge in [0, 0.05) is 61.3 Å². The molecule has 0 aliphatic carbocycles. The Morgan fingerprint density at radius 2 is 1.76 bits per heavy atom. The summed E-state index contributed by atoms with van der Waals surface area (Å²) in [6.45, 7) is 12.0. The number of nitrogens with zero attached hydrogens (tertiary/aromatic N) is 6. The molecule has 0 saturated carbocycles. The number of rotatable bonds is 8. The minimum absolute atomic E-state index is 0.0313. The van der Waals surface area contributed by atoms with E-state index in [0.29, 0.717) is 0 Å². The van der Waals surface area contributed by atoms with E-state index >= 15 is 0 Å². The minimum Gasteiger partial charge on any atom is -0.363 e. The SMILES string of the molecule is Cc1noc(C)c1-c1ccc2nc(N3CCN(CCN(C)C)CC3)nc(NC(C)c3ccc(Cl)cc3)c2c1. The monoisotopic (exact) mass is 533 g/mol. The predicted octanol–water partition coefficient (Wildman–Crippen LogP) is 5.41. The molecule has 2 aromatic carbocycles. The fourth-order valence-corrected chi connectivity index (χ4v) is 5.10. The van der Waals surface area contributed by atoms with Crippen LogP contribution in [0.25, 0.3) is 22.0 Å². The zero-order valence-corrected chi connectivity index (χ0v) is 23.6. The second kappa shape index (κ2) is 11.3. The van der Waals surface area contributed by atoms with Crippen LogP contribution in [0.4, 0.5) is 11.8 Å². The molecule has 1 unspecified atom stereocenters. The molecule has 0 bridgehead atoms. The summed E-state index contributed by atoms with van der Waals surface area (Å²) in [5.74, 6) is 2.38. The van der Waals surface area contributed by atoms with E-state index in [1.165, 1.54) is 0 Å². The van der Waals surface area contributed by atoms with Gasteiger partial charge in [-0.1, -0.05) is 35.0 Å². The highest BCUT2D eigenvalue weighted by atomic mass is 35.5. The second-order valence-corrected chi connectivity index (χ2v) is 10.8. The molecule has 5 rings (SSSR count). The first-order valence-corrected chi connectivity index (χ1v) is 13.6. The second-order valence-electron chi connectivity index (χ2n) is 10.4. The molecule has 38 heavy (non-hydrogen) atoms. The number of aromatic nitrogens is 3. The Morgan fingerprint density at radius 1 is 1.03 bits per heavy atom. The topological polar surface area (TPSA) is 73.6 Å². The molecule has 1 aliphatic heterocycles. The highest BCUT2D eigenvalue weighted by molar-refractivity contribution is 6.30. The van der Waals surface area contributed by atoms with E-state index in [9.17, 15) is 0 Å². The normalized spacial score (nSPS) is 15.4. The first kappa shape index (κ1) is 26.4. The van der Waals surface area contributed by atoms with Gasteiger partial charge in [-0.3, -0.25) is 4.90 Å². The summed E-state index contributed by atoms with van der Waals surface area (Å²) in [5.41, 5.74) is 4.98. The summed E-state index contributed by atoms with van der Waals surface area (Å²) in [6.07, 6.45) is 0. The first-order chi connectivity index (χ1) is 18.3. The zero-order chi connectivity index (χ0) is 26.8. The molecule has 0 radical (unpaired) electrons. The molecule has 1 saturated heterocycles. The number of nitrogens with one attached hydrogen (secondary N) is 1. The third kappa shape index (κ3) is 5.77. The molecule has 0 spiro atoms. The van der Waals surface area contributed by atoms with Gasteiger partial charge in [0.15, 0.2) is 0 Å². The number of benzene rings is 2. The van der Waals surface area contributed by atoms with Gasteiger partial charge in [0.25, 0.3) is 0 Å². The average molecular weight is 534 g/mol. The van der Waals surface area contributed by atoms with E-state index in [4.69, 9.17) is 26.1 Å². The van der Waals surface area contributed by atoms with Crippen LogP contribution in [0.2, 0.25) is 5.02 Å². The Balaban J connectivity index is 1.48. The van der Waals surface area contributed by atoms with Gasteiger partial charge in [-0.25, -0.2) is 4.98 Å². The molecule has 1 fully saturated rings. The molecule has 2 aromatic heterocycles. The lowest BCUT2D eigenvalue weighted by Gasteiger charge is -2.35. The predicted molar refractivity (Wildman–Crippen MR) is 155 cm³/mol. The lowest BCUT2D eigenvalue weighted by molar-refractivity contribution is 0.229. The number of hydrogen-bond acceptors (Lipinski definition) is 8. The molecule has 1 atom stereocenters. The Labute approximate surface area is 229 Å². The van der Waals surface area contributed by atoms with Gasteiger partial charge in [0.05, 0.1) is 11.2 Å². The number of aryl methyl sites for hydroxylation is 2. The van der Waals surface area contributed by atoms with Crippen molar-refractivity contribution in [2.75, 3.05) is 63.6 Å². The number of hydrogen-bond donors (Lipinski definition) is 1. The van der Waals surface area contributed by atoms with Crippen molar-refractivity contribution in [3.05, 3.63) is 64.5 Å². The Kier molecular flexibility index (Phi) is 7.83. The summed E-state index contributed by atoms with van der Waals surface area (Å²) < 4.78 is 5.44. The molecule has 1 N–H and O–H groups in total. The van der Waals surface area contributed by atoms with Crippen molar-refractivity contribution in [2.24, 2.45) is 0 Å². The standard InChI is InChI=1S/C29H36ClN7O/c1-19(22-6-9-24(30)10-7-22)31-28-25-18-23(27-20(2)34-38-21(27)3)8-11-26(25)32-29(33-28)37-16-14-36(15-17-37)13-12-35(4)5/h6-11,18-19H,12-17H2,1-5H3,(H,31,32,33). The third-order valence-corrected chi connectivity index (χ3v) is 7.50. The van der Waals surface area contributed by atoms with Crippen molar-refractivity contribution in [3.8, 4) is 11.1 Å². The van der Waals surface area contributed by atoms with Gasteiger partial charge in [-0.2, -0.15) is 4.98 Å². The third-order valence-electron chi connectivity index (χ3n) is 7.25. The van der Waals surface area contributed by atoms with Crippen LogP contribution in [-0.4, -0.2) is 78.3 Å². The van der Waals surface area contributed by atoms with E-state index in [1.807, 2.05) is 38.1 Å². The lowest BCUT2D eigenvalue weighted by Crippen LogP contribution is -2.48. The zero-order valence-electron chi connectivity index (χ0n) is 22.8. The quantitative estimate of drug-likeness (QED) is 0.322. The van der Waals surface area contributed by atoms with Crippen LogP contribution in [0.3, 0.4) is 0 Å².